The summed E-state index contributed by atoms with van der Waals surface area (Å²) in [6.45, 7) is 9.98. The van der Waals surface area contributed by atoms with Crippen LogP contribution in [0.5, 0.6) is 0 Å². The molecule has 0 spiro atoms. The van der Waals surface area contributed by atoms with Crippen LogP contribution in [0.4, 0.5) is 0 Å². The van der Waals surface area contributed by atoms with Gasteiger partial charge in [-0.2, -0.15) is 0 Å². The number of rotatable bonds is 1. The Morgan fingerprint density at radius 1 is 1.40 bits per heavy atom. The van der Waals surface area contributed by atoms with E-state index in [2.05, 4.69) is 45.9 Å². The molecule has 0 saturated carbocycles. The van der Waals surface area contributed by atoms with Crippen LogP contribution in [-0.4, -0.2) is 12.7 Å². The molecule has 1 heteroatoms. The first-order valence-electron chi connectivity index (χ1n) is 6.08. The molecule has 0 radical (unpaired) electrons. The van der Waals surface area contributed by atoms with Gasteiger partial charge in [0.1, 0.15) is 0 Å². The predicted octanol–water partition coefficient (Wildman–Crippen LogP) is 3.43. The van der Waals surface area contributed by atoms with Gasteiger partial charge in [-0.25, -0.2) is 0 Å². The molecule has 5 atom stereocenters. The van der Waals surface area contributed by atoms with Crippen LogP contribution in [0.15, 0.2) is 23.8 Å². The third kappa shape index (κ3) is 1.78. The van der Waals surface area contributed by atoms with Crippen LogP contribution in [0.2, 0.25) is 0 Å². The number of ether oxygens (including phenoxy) is 1. The summed E-state index contributed by atoms with van der Waals surface area (Å²) in [7, 11) is 0. The average molecular weight is 206 g/mol. The van der Waals surface area contributed by atoms with Crippen molar-refractivity contribution in [3.8, 4) is 0 Å². The highest BCUT2D eigenvalue weighted by Crippen LogP contribution is 2.44. The summed E-state index contributed by atoms with van der Waals surface area (Å²) in [6, 6.07) is 0. The van der Waals surface area contributed by atoms with Gasteiger partial charge in [0.05, 0.1) is 12.7 Å². The summed E-state index contributed by atoms with van der Waals surface area (Å²) in [4.78, 5) is 0. The van der Waals surface area contributed by atoms with Crippen molar-refractivity contribution in [1.29, 1.82) is 0 Å². The highest BCUT2D eigenvalue weighted by Gasteiger charge is 2.42. The van der Waals surface area contributed by atoms with E-state index < -0.39 is 0 Å². The van der Waals surface area contributed by atoms with Gasteiger partial charge in [0.25, 0.3) is 0 Å². The molecule has 15 heavy (non-hydrogen) atoms. The summed E-state index contributed by atoms with van der Waals surface area (Å²) >= 11 is 0. The lowest BCUT2D eigenvalue weighted by Crippen LogP contribution is -2.45. The zero-order valence-corrected chi connectivity index (χ0v) is 10.2. The molecule has 0 aromatic heterocycles. The van der Waals surface area contributed by atoms with E-state index in [1.54, 1.807) is 0 Å². The molecule has 1 aliphatic carbocycles. The monoisotopic (exact) mass is 206 g/mol. The Kier molecular flexibility index (Phi) is 3.01. The molecule has 1 fully saturated rings. The van der Waals surface area contributed by atoms with E-state index in [1.165, 1.54) is 5.57 Å². The molecular weight excluding hydrogens is 184 g/mol. The summed E-state index contributed by atoms with van der Waals surface area (Å²) in [6.07, 6.45) is 7.09. The Labute approximate surface area is 93.2 Å². The zero-order chi connectivity index (χ0) is 11.0. The van der Waals surface area contributed by atoms with E-state index >= 15 is 0 Å². The van der Waals surface area contributed by atoms with Gasteiger partial charge in [0, 0.05) is 5.92 Å². The number of allylic oxidation sites excluding steroid dienone is 2. The highest BCUT2D eigenvalue weighted by atomic mass is 16.5. The maximum absolute atomic E-state index is 5.97. The fraction of sp³-hybridized carbons (Fsp3) is 0.714. The molecule has 0 aromatic rings. The van der Waals surface area contributed by atoms with Crippen molar-refractivity contribution in [2.45, 2.75) is 33.8 Å². The van der Waals surface area contributed by atoms with Crippen molar-refractivity contribution >= 4 is 0 Å². The molecule has 1 saturated heterocycles. The number of hydrogen-bond acceptors (Lipinski definition) is 1. The van der Waals surface area contributed by atoms with Crippen LogP contribution in [0, 0.1) is 23.7 Å². The van der Waals surface area contributed by atoms with Crippen molar-refractivity contribution < 1.29 is 4.74 Å². The maximum Gasteiger partial charge on any atom is 0.0823 e. The third-order valence-electron chi connectivity index (χ3n) is 4.19. The Morgan fingerprint density at radius 2 is 2.13 bits per heavy atom. The Morgan fingerprint density at radius 3 is 2.80 bits per heavy atom. The fourth-order valence-corrected chi connectivity index (χ4v) is 3.36. The van der Waals surface area contributed by atoms with E-state index in [0.29, 0.717) is 17.9 Å². The van der Waals surface area contributed by atoms with Gasteiger partial charge in [-0.1, -0.05) is 37.6 Å². The SMILES string of the molecule is C/C=C/[C@@H]1OC[C@@H]2[C@H](C)[C@H]1C(C)=C[C@H]2C. The fourth-order valence-electron chi connectivity index (χ4n) is 3.36. The third-order valence-corrected chi connectivity index (χ3v) is 4.19. The Hall–Kier alpha value is -0.560. The molecule has 1 heterocycles. The van der Waals surface area contributed by atoms with E-state index in [4.69, 9.17) is 4.74 Å². The molecule has 1 nitrogen and oxygen atoms in total. The van der Waals surface area contributed by atoms with Crippen LogP contribution in [0.3, 0.4) is 0 Å². The standard InChI is InChI=1S/C14H22O/c1-5-6-13-14-10(3)7-9(2)12(8-15-13)11(14)4/h5-7,9,11-14H,8H2,1-4H3/b6-5+/t9-,11+,12+,13+,14-/m1/s1. The largest absolute Gasteiger partial charge is 0.373 e. The van der Waals surface area contributed by atoms with Crippen LogP contribution >= 0.6 is 0 Å². The molecule has 1 aliphatic heterocycles. The van der Waals surface area contributed by atoms with Gasteiger partial charge in [0.2, 0.25) is 0 Å². The minimum atomic E-state index is 0.310. The lowest BCUT2D eigenvalue weighted by molar-refractivity contribution is -0.0687. The van der Waals surface area contributed by atoms with E-state index in [-0.39, 0.29) is 0 Å². The van der Waals surface area contributed by atoms with Gasteiger partial charge in [-0.05, 0) is 31.6 Å². The van der Waals surface area contributed by atoms with Crippen LogP contribution < -0.4 is 0 Å². The smallest absolute Gasteiger partial charge is 0.0823 e. The molecule has 2 aliphatic rings. The van der Waals surface area contributed by atoms with E-state index in [9.17, 15) is 0 Å². The minimum Gasteiger partial charge on any atom is -0.373 e. The van der Waals surface area contributed by atoms with Gasteiger partial charge in [-0.3, -0.25) is 0 Å². The number of hydrogen-bond donors (Lipinski definition) is 0. The Balaban J connectivity index is 2.29. The summed E-state index contributed by atoms with van der Waals surface area (Å²) in [5.41, 5.74) is 1.52. The molecule has 84 valence electrons. The van der Waals surface area contributed by atoms with Crippen LogP contribution in [-0.2, 0) is 4.74 Å². The van der Waals surface area contributed by atoms with Gasteiger partial charge in [0.15, 0.2) is 0 Å². The molecule has 0 aromatic carbocycles. The van der Waals surface area contributed by atoms with E-state index in [1.807, 2.05) is 0 Å². The second-order valence-corrected chi connectivity index (χ2v) is 5.14. The first-order valence-corrected chi connectivity index (χ1v) is 6.08. The van der Waals surface area contributed by atoms with Gasteiger partial charge < -0.3 is 4.74 Å². The van der Waals surface area contributed by atoms with Crippen molar-refractivity contribution in [1.82, 2.24) is 0 Å². The number of fused-ring (bicyclic) bond motifs is 2. The van der Waals surface area contributed by atoms with Crippen LogP contribution in [0.25, 0.3) is 0 Å². The normalized spacial score (nSPS) is 45.6. The lowest BCUT2D eigenvalue weighted by atomic mass is 9.65. The highest BCUT2D eigenvalue weighted by molar-refractivity contribution is 5.19. The van der Waals surface area contributed by atoms with Crippen LogP contribution in [0.1, 0.15) is 27.7 Å². The molecule has 2 bridgehead atoms. The summed E-state index contributed by atoms with van der Waals surface area (Å²) < 4.78 is 5.97. The topological polar surface area (TPSA) is 9.23 Å². The molecule has 0 amide bonds. The minimum absolute atomic E-state index is 0.310. The molecule has 0 unspecified atom stereocenters. The first kappa shape index (κ1) is 10.9. The average Bonchev–Trinajstić information content (AvgIpc) is 2.15. The van der Waals surface area contributed by atoms with Crippen molar-refractivity contribution in [2.24, 2.45) is 23.7 Å². The molecule has 2 rings (SSSR count). The Bertz CT molecular complexity index is 290. The summed E-state index contributed by atoms with van der Waals surface area (Å²) in [5.74, 6) is 2.78. The van der Waals surface area contributed by atoms with Crippen molar-refractivity contribution in [3.63, 3.8) is 0 Å². The van der Waals surface area contributed by atoms with Crippen molar-refractivity contribution in [2.75, 3.05) is 6.61 Å². The summed E-state index contributed by atoms with van der Waals surface area (Å²) in [5, 5.41) is 0. The second kappa shape index (κ2) is 4.13. The van der Waals surface area contributed by atoms with Gasteiger partial charge in [-0.15, -0.1) is 0 Å². The predicted molar refractivity (Wildman–Crippen MR) is 63.6 cm³/mol. The molecular formula is C14H22O. The lowest BCUT2D eigenvalue weighted by Gasteiger charge is -2.46. The quantitative estimate of drug-likeness (QED) is 0.597. The first-order chi connectivity index (χ1) is 7.15. The van der Waals surface area contributed by atoms with Gasteiger partial charge >= 0.3 is 0 Å². The maximum atomic E-state index is 5.97. The zero-order valence-electron chi connectivity index (χ0n) is 10.2. The van der Waals surface area contributed by atoms with E-state index in [0.717, 1.165) is 18.4 Å². The molecule has 0 N–H and O–H groups in total. The van der Waals surface area contributed by atoms with Crippen molar-refractivity contribution in [3.05, 3.63) is 23.8 Å². The second-order valence-electron chi connectivity index (χ2n) is 5.14.